The molecule has 0 aromatic heterocycles. The number of esters is 1. The molecule has 5 nitrogen and oxygen atoms in total. The van der Waals surface area contributed by atoms with Crippen molar-refractivity contribution >= 4 is 35.0 Å². The maximum atomic E-state index is 12.2. The van der Waals surface area contributed by atoms with Crippen LogP contribution in [0.1, 0.15) is 45.4 Å². The molecule has 0 amide bonds. The van der Waals surface area contributed by atoms with Crippen molar-refractivity contribution in [2.45, 2.75) is 57.2 Å². The van der Waals surface area contributed by atoms with Crippen LogP contribution in [-0.2, 0) is 14.3 Å². The van der Waals surface area contributed by atoms with Crippen LogP contribution in [0.4, 0.5) is 0 Å². The highest BCUT2D eigenvalue weighted by Gasteiger charge is 2.39. The molecule has 0 aromatic rings. The molecule has 0 unspecified atom stereocenters. The number of halogens is 2. The minimum absolute atomic E-state index is 0.0589. The number of aliphatic hydroxyl groups is 2. The molecule has 1 aliphatic carbocycles. The van der Waals surface area contributed by atoms with Crippen LogP contribution in [0.2, 0.25) is 0 Å². The molecule has 0 spiro atoms. The van der Waals surface area contributed by atoms with Gasteiger partial charge in [-0.25, -0.2) is 0 Å². The van der Waals surface area contributed by atoms with Crippen LogP contribution in [0.3, 0.4) is 0 Å². The first-order valence-electron chi connectivity index (χ1n) is 9.68. The van der Waals surface area contributed by atoms with Gasteiger partial charge in [-0.3, -0.25) is 9.59 Å². The number of methoxy groups -OCH3 is 1. The molecule has 2 N–H and O–H groups in total. The highest BCUT2D eigenvalue weighted by Crippen LogP contribution is 2.34. The first-order chi connectivity index (χ1) is 13.7. The summed E-state index contributed by atoms with van der Waals surface area (Å²) in [5, 5.41) is 20.6. The van der Waals surface area contributed by atoms with Gasteiger partial charge in [-0.15, -0.1) is 0 Å². The van der Waals surface area contributed by atoms with Gasteiger partial charge < -0.3 is 14.9 Å². The van der Waals surface area contributed by atoms with Crippen molar-refractivity contribution in [1.82, 2.24) is 0 Å². The number of allylic oxidation sites excluding steroid dienone is 4. The molecule has 162 valence electrons. The summed E-state index contributed by atoms with van der Waals surface area (Å²) >= 11 is 11.1. The van der Waals surface area contributed by atoms with Crippen LogP contribution in [-0.4, -0.2) is 40.8 Å². The van der Waals surface area contributed by atoms with Gasteiger partial charge in [0.25, 0.3) is 0 Å². The van der Waals surface area contributed by atoms with Gasteiger partial charge in [0.2, 0.25) is 0 Å². The molecule has 0 heterocycles. The summed E-state index contributed by atoms with van der Waals surface area (Å²) in [7, 11) is 1.36. The van der Waals surface area contributed by atoms with E-state index < -0.39 is 11.7 Å². The number of aliphatic hydroxyl groups excluding tert-OH is 1. The first kappa shape index (κ1) is 25.6. The maximum Gasteiger partial charge on any atom is 0.305 e. The number of Topliss-reactive ketones (excluding diaryl/α,β-unsaturated/α-hetero) is 1. The molecule has 0 bridgehead atoms. The van der Waals surface area contributed by atoms with Gasteiger partial charge in [-0.05, 0) is 38.7 Å². The lowest BCUT2D eigenvalue weighted by molar-refractivity contribution is -0.140. The normalized spacial score (nSPS) is 24.5. The SMILES string of the molecule is COC(=O)CC/C=C\CC[C@H]1C(=O)C[C@@H](O)[C@@H]1/C=C/C[C@@](C)(O)/C=C/C=C(Cl)Cl. The van der Waals surface area contributed by atoms with Crippen LogP contribution in [0.25, 0.3) is 0 Å². The van der Waals surface area contributed by atoms with E-state index in [1.165, 1.54) is 13.2 Å². The molecule has 4 atom stereocenters. The summed E-state index contributed by atoms with van der Waals surface area (Å²) < 4.78 is 4.68. The summed E-state index contributed by atoms with van der Waals surface area (Å²) in [6.45, 7) is 1.65. The third-order valence-corrected chi connectivity index (χ3v) is 5.11. The van der Waals surface area contributed by atoms with E-state index in [0.29, 0.717) is 32.1 Å². The Morgan fingerprint density at radius 2 is 1.97 bits per heavy atom. The fraction of sp³-hybridized carbons (Fsp3) is 0.545. The largest absolute Gasteiger partial charge is 0.469 e. The quantitative estimate of drug-likeness (QED) is 0.280. The number of hydrogen-bond acceptors (Lipinski definition) is 5. The molecule has 1 saturated carbocycles. The van der Waals surface area contributed by atoms with E-state index >= 15 is 0 Å². The Labute approximate surface area is 182 Å². The van der Waals surface area contributed by atoms with E-state index in [1.54, 1.807) is 25.2 Å². The van der Waals surface area contributed by atoms with Gasteiger partial charge in [0.05, 0.1) is 18.8 Å². The number of carbonyl (C=O) groups is 2. The van der Waals surface area contributed by atoms with Gasteiger partial charge >= 0.3 is 5.97 Å². The van der Waals surface area contributed by atoms with Crippen molar-refractivity contribution < 1.29 is 24.5 Å². The van der Waals surface area contributed by atoms with E-state index in [1.807, 2.05) is 18.2 Å². The molecule has 0 saturated heterocycles. The lowest BCUT2D eigenvalue weighted by Gasteiger charge is -2.19. The summed E-state index contributed by atoms with van der Waals surface area (Å²) in [6.07, 6.45) is 14.1. The van der Waals surface area contributed by atoms with Gasteiger partial charge in [0.15, 0.2) is 0 Å². The molecular formula is C22H30Cl2O5. The molecule has 7 heteroatoms. The zero-order valence-electron chi connectivity index (χ0n) is 16.9. The Hall–Kier alpha value is -1.40. The van der Waals surface area contributed by atoms with Crippen LogP contribution in [0, 0.1) is 11.8 Å². The number of carbonyl (C=O) groups excluding carboxylic acids is 2. The molecule has 1 fully saturated rings. The maximum absolute atomic E-state index is 12.2. The first-order valence-corrected chi connectivity index (χ1v) is 10.4. The Bertz CT molecular complexity index is 660. The zero-order chi connectivity index (χ0) is 21.9. The minimum atomic E-state index is -1.10. The highest BCUT2D eigenvalue weighted by atomic mass is 35.5. The predicted octanol–water partition coefficient (Wildman–Crippen LogP) is 4.41. The van der Waals surface area contributed by atoms with Gasteiger partial charge in [-0.1, -0.05) is 59.7 Å². The molecule has 1 aliphatic rings. The van der Waals surface area contributed by atoms with E-state index in [4.69, 9.17) is 23.2 Å². The van der Waals surface area contributed by atoms with Crippen LogP contribution >= 0.6 is 23.2 Å². The number of hydrogen-bond donors (Lipinski definition) is 2. The van der Waals surface area contributed by atoms with Crippen LogP contribution in [0.15, 0.2) is 47.0 Å². The number of rotatable bonds is 11. The molecule has 0 aromatic carbocycles. The monoisotopic (exact) mass is 444 g/mol. The highest BCUT2D eigenvalue weighted by molar-refractivity contribution is 6.55. The number of ketones is 1. The molecule has 1 rings (SSSR count). The van der Waals surface area contributed by atoms with E-state index in [9.17, 15) is 19.8 Å². The molecule has 0 aliphatic heterocycles. The predicted molar refractivity (Wildman–Crippen MR) is 116 cm³/mol. The molecule has 29 heavy (non-hydrogen) atoms. The Morgan fingerprint density at radius 3 is 2.62 bits per heavy atom. The van der Waals surface area contributed by atoms with E-state index in [2.05, 4.69) is 4.74 Å². The van der Waals surface area contributed by atoms with Crippen molar-refractivity contribution in [3.05, 3.63) is 47.0 Å². The van der Waals surface area contributed by atoms with Crippen molar-refractivity contribution in [2.24, 2.45) is 11.8 Å². The fourth-order valence-corrected chi connectivity index (χ4v) is 3.41. The topological polar surface area (TPSA) is 83.8 Å². The summed E-state index contributed by atoms with van der Waals surface area (Å²) in [4.78, 5) is 23.3. The smallest absolute Gasteiger partial charge is 0.305 e. The second kappa shape index (κ2) is 13.0. The average molecular weight is 445 g/mol. The Kier molecular flexibility index (Phi) is 11.5. The standard InChI is InChI=1S/C22H30Cl2O5/c1-22(28,14-8-11-20(23)24)13-7-10-17-16(18(25)15-19(17)26)9-5-3-4-6-12-21(27)29-2/h3-4,7-8,10-11,14,16-17,19,26,28H,5-6,9,12-13,15H2,1-2H3/b4-3-,10-7+,14-8+/t16-,17-,19-,22-/m1/s1. The van der Waals surface area contributed by atoms with E-state index in [0.717, 1.165) is 0 Å². The summed E-state index contributed by atoms with van der Waals surface area (Å²) in [5.74, 6) is -0.696. The van der Waals surface area contributed by atoms with Crippen molar-refractivity contribution in [2.75, 3.05) is 7.11 Å². The van der Waals surface area contributed by atoms with Gasteiger partial charge in [-0.2, -0.15) is 0 Å². The molecular weight excluding hydrogens is 415 g/mol. The van der Waals surface area contributed by atoms with Crippen LogP contribution < -0.4 is 0 Å². The Balaban J connectivity index is 2.57. The Morgan fingerprint density at radius 1 is 1.28 bits per heavy atom. The fourth-order valence-electron chi connectivity index (χ4n) is 3.27. The third-order valence-electron chi connectivity index (χ3n) is 4.85. The summed E-state index contributed by atoms with van der Waals surface area (Å²) in [6, 6.07) is 0. The van der Waals surface area contributed by atoms with Gasteiger partial charge in [0, 0.05) is 24.7 Å². The second-order valence-electron chi connectivity index (χ2n) is 7.39. The molecule has 0 radical (unpaired) electrons. The van der Waals surface area contributed by atoms with Crippen molar-refractivity contribution in [3.8, 4) is 0 Å². The lowest BCUT2D eigenvalue weighted by atomic mass is 9.88. The second-order valence-corrected chi connectivity index (χ2v) is 8.40. The van der Waals surface area contributed by atoms with Crippen molar-refractivity contribution in [3.63, 3.8) is 0 Å². The van der Waals surface area contributed by atoms with E-state index in [-0.39, 0.29) is 34.5 Å². The average Bonchev–Trinajstić information content (AvgIpc) is 2.90. The number of ether oxygens (including phenoxy) is 1. The summed E-state index contributed by atoms with van der Waals surface area (Å²) in [5.41, 5.74) is -1.10. The minimum Gasteiger partial charge on any atom is -0.469 e. The lowest BCUT2D eigenvalue weighted by Crippen LogP contribution is -2.21. The van der Waals surface area contributed by atoms with Crippen LogP contribution in [0.5, 0.6) is 0 Å². The van der Waals surface area contributed by atoms with Crippen molar-refractivity contribution in [1.29, 1.82) is 0 Å². The third kappa shape index (κ3) is 10.3. The van der Waals surface area contributed by atoms with Gasteiger partial charge in [0.1, 0.15) is 10.3 Å². The zero-order valence-corrected chi connectivity index (χ0v) is 18.4.